The summed E-state index contributed by atoms with van der Waals surface area (Å²) in [5.74, 6) is -6.38. The fourth-order valence-corrected chi connectivity index (χ4v) is 3.79. The fourth-order valence-electron chi connectivity index (χ4n) is 3.79. The molecule has 1 saturated carbocycles. The van der Waals surface area contributed by atoms with Crippen LogP contribution in [0.25, 0.3) is 0 Å². The Morgan fingerprint density at radius 3 is 1.74 bits per heavy atom. The van der Waals surface area contributed by atoms with Gasteiger partial charge in [0, 0.05) is 5.92 Å². The van der Waals surface area contributed by atoms with Crippen LogP contribution in [0.3, 0.4) is 0 Å². The van der Waals surface area contributed by atoms with Crippen molar-refractivity contribution >= 4 is 5.97 Å². The first kappa shape index (κ1) is 27.6. The van der Waals surface area contributed by atoms with Gasteiger partial charge in [-0.1, -0.05) is 26.0 Å². The van der Waals surface area contributed by atoms with Crippen molar-refractivity contribution in [3.05, 3.63) is 12.2 Å². The molecule has 1 aliphatic rings. The number of rotatable bonds is 5. The number of halogens is 9. The number of ether oxygens (including phenoxy) is 1. The van der Waals surface area contributed by atoms with Gasteiger partial charge in [-0.25, -0.2) is 0 Å². The van der Waals surface area contributed by atoms with Crippen molar-refractivity contribution in [3.63, 3.8) is 0 Å². The standard InChI is InChI=1S/C19H25F9O3/c1-5-6-10(2)14(29)31-13-8-11(15(3,4)17(20,21)22)7-12(9-13)16(30,18(23,24)25)19(26,27)28/h5-6,10-13,30H,7-9H2,1-4H3. The molecule has 12 heteroatoms. The molecule has 0 radical (unpaired) electrons. The van der Waals surface area contributed by atoms with Crippen LogP contribution in [0.2, 0.25) is 0 Å². The van der Waals surface area contributed by atoms with Crippen molar-refractivity contribution in [2.24, 2.45) is 23.2 Å². The van der Waals surface area contributed by atoms with Gasteiger partial charge < -0.3 is 9.84 Å². The van der Waals surface area contributed by atoms with E-state index in [0.717, 1.165) is 0 Å². The molecule has 0 heterocycles. The molecule has 4 atom stereocenters. The van der Waals surface area contributed by atoms with Gasteiger partial charge in [-0.15, -0.1) is 0 Å². The van der Waals surface area contributed by atoms with Gasteiger partial charge >= 0.3 is 24.5 Å². The largest absolute Gasteiger partial charge is 0.462 e. The second-order valence-corrected chi connectivity index (χ2v) is 8.46. The molecule has 0 saturated heterocycles. The Hall–Kier alpha value is -1.46. The van der Waals surface area contributed by atoms with E-state index in [1.165, 1.54) is 19.1 Å². The Balaban J connectivity index is 3.43. The predicted molar refractivity (Wildman–Crippen MR) is 91.6 cm³/mol. The van der Waals surface area contributed by atoms with Gasteiger partial charge in [0.1, 0.15) is 6.10 Å². The molecule has 0 bridgehead atoms. The number of hydrogen-bond donors (Lipinski definition) is 1. The molecule has 0 aromatic rings. The Morgan fingerprint density at radius 2 is 1.35 bits per heavy atom. The zero-order chi connectivity index (χ0) is 24.6. The quantitative estimate of drug-likeness (QED) is 0.305. The molecule has 0 amide bonds. The van der Waals surface area contributed by atoms with E-state index in [4.69, 9.17) is 4.74 Å². The van der Waals surface area contributed by atoms with Gasteiger partial charge in [0.15, 0.2) is 0 Å². The zero-order valence-electron chi connectivity index (χ0n) is 17.3. The van der Waals surface area contributed by atoms with Crippen LogP contribution < -0.4 is 0 Å². The van der Waals surface area contributed by atoms with Gasteiger partial charge in [-0.3, -0.25) is 4.79 Å². The van der Waals surface area contributed by atoms with Crippen molar-refractivity contribution in [2.45, 2.75) is 77.2 Å². The first-order chi connectivity index (χ1) is 13.7. The normalized spacial score (nSPS) is 25.5. The number of carbonyl (C=O) groups is 1. The Bertz CT molecular complexity index is 648. The number of alkyl halides is 9. The van der Waals surface area contributed by atoms with E-state index in [9.17, 15) is 49.4 Å². The molecule has 0 aromatic heterocycles. The summed E-state index contributed by atoms with van der Waals surface area (Å²) in [6, 6.07) is 0. The van der Waals surface area contributed by atoms with Crippen LogP contribution in [0.5, 0.6) is 0 Å². The number of aliphatic hydroxyl groups is 1. The van der Waals surface area contributed by atoms with Gasteiger partial charge in [0.05, 0.1) is 11.3 Å². The topological polar surface area (TPSA) is 46.5 Å². The molecule has 0 aromatic carbocycles. The average Bonchev–Trinajstić information content (AvgIpc) is 2.57. The second-order valence-electron chi connectivity index (χ2n) is 8.46. The monoisotopic (exact) mass is 472 g/mol. The van der Waals surface area contributed by atoms with Crippen LogP contribution in [0.15, 0.2) is 12.2 Å². The molecule has 0 spiro atoms. The average molecular weight is 472 g/mol. The van der Waals surface area contributed by atoms with Gasteiger partial charge in [0.2, 0.25) is 0 Å². The maximum absolute atomic E-state index is 13.5. The van der Waals surface area contributed by atoms with Gasteiger partial charge in [0.25, 0.3) is 5.60 Å². The van der Waals surface area contributed by atoms with Crippen LogP contribution in [0.1, 0.15) is 47.0 Å². The van der Waals surface area contributed by atoms with E-state index >= 15 is 0 Å². The van der Waals surface area contributed by atoms with E-state index in [1.54, 1.807) is 6.92 Å². The van der Waals surface area contributed by atoms with Crippen LogP contribution in [0.4, 0.5) is 39.5 Å². The number of allylic oxidation sites excluding steroid dienone is 1. The Kier molecular flexibility index (Phi) is 7.85. The highest BCUT2D eigenvalue weighted by atomic mass is 19.4. The smallest absolute Gasteiger partial charge is 0.426 e. The highest BCUT2D eigenvalue weighted by Crippen LogP contribution is 2.57. The summed E-state index contributed by atoms with van der Waals surface area (Å²) in [5.41, 5.74) is -7.94. The van der Waals surface area contributed by atoms with Gasteiger partial charge in [-0.2, -0.15) is 39.5 Å². The summed E-state index contributed by atoms with van der Waals surface area (Å²) >= 11 is 0. The van der Waals surface area contributed by atoms with E-state index in [0.29, 0.717) is 13.8 Å². The third-order valence-electron chi connectivity index (χ3n) is 6.01. The van der Waals surface area contributed by atoms with Crippen LogP contribution in [-0.2, 0) is 9.53 Å². The highest BCUT2D eigenvalue weighted by molar-refractivity contribution is 5.74. The molecule has 1 N–H and O–H groups in total. The molecule has 1 aliphatic carbocycles. The van der Waals surface area contributed by atoms with Crippen molar-refractivity contribution in [3.8, 4) is 0 Å². The molecule has 3 nitrogen and oxygen atoms in total. The van der Waals surface area contributed by atoms with E-state index in [1.807, 2.05) is 0 Å². The highest BCUT2D eigenvalue weighted by Gasteiger charge is 2.74. The molecule has 1 fully saturated rings. The van der Waals surface area contributed by atoms with Crippen molar-refractivity contribution < 1.29 is 54.2 Å². The van der Waals surface area contributed by atoms with Crippen LogP contribution in [0, 0.1) is 23.2 Å². The lowest BCUT2D eigenvalue weighted by Crippen LogP contribution is -2.64. The minimum absolute atomic E-state index is 0.594. The summed E-state index contributed by atoms with van der Waals surface area (Å²) in [7, 11) is 0. The predicted octanol–water partition coefficient (Wildman–Crippen LogP) is 5.97. The Morgan fingerprint density at radius 1 is 0.903 bits per heavy atom. The minimum atomic E-state index is -6.20. The lowest BCUT2D eigenvalue weighted by Gasteiger charge is -2.48. The Labute approximate surface area is 173 Å². The van der Waals surface area contributed by atoms with Crippen molar-refractivity contribution in [2.75, 3.05) is 0 Å². The SMILES string of the molecule is CC=CC(C)C(=O)OC1CC(C(C)(C)C(F)(F)F)CC(C(O)(C(F)(F)F)C(F)(F)F)C1. The summed E-state index contributed by atoms with van der Waals surface area (Å²) in [6.45, 7) is 4.21. The number of esters is 1. The zero-order valence-corrected chi connectivity index (χ0v) is 17.3. The molecular formula is C19H25F9O3. The maximum Gasteiger partial charge on any atom is 0.426 e. The molecule has 4 unspecified atom stereocenters. The molecule has 0 aliphatic heterocycles. The minimum Gasteiger partial charge on any atom is -0.462 e. The van der Waals surface area contributed by atoms with Crippen molar-refractivity contribution in [1.29, 1.82) is 0 Å². The molecule has 31 heavy (non-hydrogen) atoms. The summed E-state index contributed by atoms with van der Waals surface area (Å²) < 4.78 is 126. The van der Waals surface area contributed by atoms with E-state index in [2.05, 4.69) is 0 Å². The van der Waals surface area contributed by atoms with E-state index < -0.39 is 78.6 Å². The second kappa shape index (κ2) is 8.82. The number of hydrogen-bond acceptors (Lipinski definition) is 3. The molecular weight excluding hydrogens is 447 g/mol. The molecule has 182 valence electrons. The summed E-state index contributed by atoms with van der Waals surface area (Å²) in [6.07, 6.45) is -19.1. The van der Waals surface area contributed by atoms with Crippen LogP contribution in [-0.4, -0.2) is 41.3 Å². The lowest BCUT2D eigenvalue weighted by molar-refractivity contribution is -0.390. The van der Waals surface area contributed by atoms with Crippen molar-refractivity contribution in [1.82, 2.24) is 0 Å². The fraction of sp³-hybridized carbons (Fsp3) is 0.842. The summed E-state index contributed by atoms with van der Waals surface area (Å²) in [4.78, 5) is 12.1. The van der Waals surface area contributed by atoms with E-state index in [-0.39, 0.29) is 0 Å². The molecule has 1 rings (SSSR count). The maximum atomic E-state index is 13.5. The number of carbonyl (C=O) groups excluding carboxylic acids is 1. The van der Waals surface area contributed by atoms with Gasteiger partial charge in [-0.05, 0) is 39.0 Å². The third kappa shape index (κ3) is 5.48. The lowest BCUT2D eigenvalue weighted by atomic mass is 9.63. The summed E-state index contributed by atoms with van der Waals surface area (Å²) in [5, 5.41) is 9.76. The van der Waals surface area contributed by atoms with Crippen LogP contribution >= 0.6 is 0 Å². The first-order valence-electron chi connectivity index (χ1n) is 9.46. The third-order valence-corrected chi connectivity index (χ3v) is 6.01. The first-order valence-corrected chi connectivity index (χ1v) is 9.46.